The third kappa shape index (κ3) is 6.02. The van der Waals surface area contributed by atoms with Gasteiger partial charge >= 0.3 is 5.69 Å². The zero-order valence-electron chi connectivity index (χ0n) is 27.0. The van der Waals surface area contributed by atoms with Gasteiger partial charge in [-0.1, -0.05) is 50.3 Å². The summed E-state index contributed by atoms with van der Waals surface area (Å²) in [7, 11) is 0. The number of likely N-dealkylation sites (tertiary alicyclic amines) is 1. The van der Waals surface area contributed by atoms with Crippen LogP contribution in [-0.2, 0) is 4.79 Å². The van der Waals surface area contributed by atoms with E-state index in [-0.39, 0.29) is 41.3 Å². The first-order valence-corrected chi connectivity index (χ1v) is 16.1. The summed E-state index contributed by atoms with van der Waals surface area (Å²) in [5.74, 6) is 0.118. The Morgan fingerprint density at radius 3 is 2.28 bits per heavy atom. The van der Waals surface area contributed by atoms with Gasteiger partial charge in [-0.3, -0.25) is 24.0 Å². The van der Waals surface area contributed by atoms with E-state index >= 15 is 0 Å². The van der Waals surface area contributed by atoms with E-state index in [0.717, 1.165) is 28.7 Å². The molecule has 2 unspecified atom stereocenters. The van der Waals surface area contributed by atoms with Crippen LogP contribution < -0.4 is 22.3 Å². The summed E-state index contributed by atoms with van der Waals surface area (Å²) < 4.78 is 2.41. The van der Waals surface area contributed by atoms with E-state index in [4.69, 9.17) is 5.73 Å². The first-order valence-electron chi connectivity index (χ1n) is 16.1. The molecule has 244 valence electrons. The molecule has 12 heteroatoms. The summed E-state index contributed by atoms with van der Waals surface area (Å²) in [6, 6.07) is 15.4. The maximum atomic E-state index is 13.5. The number of rotatable bonds is 7. The Morgan fingerprint density at radius 2 is 1.64 bits per heavy atom. The molecule has 3 aliphatic rings. The molecule has 47 heavy (non-hydrogen) atoms. The normalized spacial score (nSPS) is 19.5. The number of hydrazone groups is 1. The van der Waals surface area contributed by atoms with Crippen molar-refractivity contribution in [3.63, 3.8) is 0 Å². The average molecular weight is 637 g/mol. The molecular weight excluding hydrogens is 596 g/mol. The van der Waals surface area contributed by atoms with E-state index in [2.05, 4.69) is 21.5 Å². The number of amides is 2. The van der Waals surface area contributed by atoms with Crippen LogP contribution in [0.15, 0.2) is 92.3 Å². The van der Waals surface area contributed by atoms with Crippen LogP contribution in [0.3, 0.4) is 0 Å². The monoisotopic (exact) mass is 636 g/mol. The molecular formula is C35H40N8O4. The average Bonchev–Trinajstić information content (AvgIpc) is 3.46. The number of fused-ring (bicyclic) bond motifs is 1. The van der Waals surface area contributed by atoms with Crippen LogP contribution in [0.4, 0.5) is 5.69 Å². The van der Waals surface area contributed by atoms with E-state index in [1.807, 2.05) is 49.7 Å². The van der Waals surface area contributed by atoms with Gasteiger partial charge in [0.2, 0.25) is 5.91 Å². The Labute approximate surface area is 272 Å². The fourth-order valence-corrected chi connectivity index (χ4v) is 6.59. The van der Waals surface area contributed by atoms with Gasteiger partial charge < -0.3 is 16.0 Å². The smallest absolute Gasteiger partial charge is 0.335 e. The van der Waals surface area contributed by atoms with E-state index in [9.17, 15) is 19.2 Å². The molecule has 0 aliphatic carbocycles. The zero-order valence-corrected chi connectivity index (χ0v) is 27.0. The van der Waals surface area contributed by atoms with E-state index < -0.39 is 17.2 Å². The molecule has 0 radical (unpaired) electrons. The van der Waals surface area contributed by atoms with Gasteiger partial charge in [-0.05, 0) is 56.5 Å². The fourth-order valence-electron chi connectivity index (χ4n) is 6.59. The quantitative estimate of drug-likeness (QED) is 0.404. The number of piperidine rings is 1. The largest absolute Gasteiger partial charge is 0.385 e. The molecule has 3 aromatic rings. The van der Waals surface area contributed by atoms with Crippen LogP contribution in [0.25, 0.3) is 5.69 Å². The van der Waals surface area contributed by atoms with Gasteiger partial charge in [-0.25, -0.2) is 14.4 Å². The van der Waals surface area contributed by atoms with Crippen molar-refractivity contribution in [2.75, 3.05) is 18.4 Å². The number of anilines is 1. The molecule has 3 aliphatic heterocycles. The highest BCUT2D eigenvalue weighted by Gasteiger charge is 2.42. The second kappa shape index (κ2) is 12.9. The zero-order chi connectivity index (χ0) is 33.4. The minimum atomic E-state index is -0.692. The maximum absolute atomic E-state index is 13.5. The van der Waals surface area contributed by atoms with Crippen molar-refractivity contribution in [1.82, 2.24) is 19.0 Å². The summed E-state index contributed by atoms with van der Waals surface area (Å²) in [6.07, 6.45) is 6.69. The van der Waals surface area contributed by atoms with Crippen LogP contribution in [-0.4, -0.2) is 62.2 Å². The number of aromatic nitrogens is 2. The number of allylic oxidation sites excluding steroid dienone is 1. The second-order valence-electron chi connectivity index (χ2n) is 12.8. The number of nitrogens with zero attached hydrogens (tertiary/aromatic N) is 6. The molecule has 2 amide bonds. The Bertz CT molecular complexity index is 1880. The standard InChI is InChI=1S/C35H40N8O4/c1-21(2)33(45)40-16-14-24(15-17-40)29-18-27(30-31(36)37-20-38-43(29)30)23-10-12-25(13-11-23)39-32(44)28-19-41(22(3)4)35(47)42(34(28)46)26-8-6-5-7-9-26/h5-13,18-22,24,27,30H,14-17H2,1-4H3,(H,39,44)(H2,36,37,38). The summed E-state index contributed by atoms with van der Waals surface area (Å²) in [5, 5.41) is 9.39. The molecule has 1 fully saturated rings. The van der Waals surface area contributed by atoms with Gasteiger partial charge in [0.1, 0.15) is 23.8 Å². The fraction of sp³-hybridized carbons (Fsp3) is 0.371. The van der Waals surface area contributed by atoms with Gasteiger partial charge in [-0.2, -0.15) is 5.10 Å². The number of benzene rings is 2. The van der Waals surface area contributed by atoms with Gasteiger partial charge in [0.05, 0.1) is 5.69 Å². The first kappa shape index (κ1) is 31.7. The van der Waals surface area contributed by atoms with Crippen molar-refractivity contribution in [1.29, 1.82) is 0 Å². The van der Waals surface area contributed by atoms with Gasteiger partial charge in [0.15, 0.2) is 0 Å². The summed E-state index contributed by atoms with van der Waals surface area (Å²) in [5.41, 5.74) is 8.01. The Hall–Kier alpha value is -5.26. The third-order valence-electron chi connectivity index (χ3n) is 9.11. The summed E-state index contributed by atoms with van der Waals surface area (Å²) in [4.78, 5) is 58.9. The number of carbonyl (C=O) groups excluding carboxylic acids is 2. The number of hydrogen-bond donors (Lipinski definition) is 2. The molecule has 6 rings (SSSR count). The van der Waals surface area contributed by atoms with Crippen molar-refractivity contribution in [3.8, 4) is 5.69 Å². The second-order valence-corrected chi connectivity index (χ2v) is 12.8. The van der Waals surface area contributed by atoms with Crippen LogP contribution >= 0.6 is 0 Å². The van der Waals surface area contributed by atoms with Crippen LogP contribution in [0.1, 0.15) is 68.4 Å². The lowest BCUT2D eigenvalue weighted by molar-refractivity contribution is -0.135. The molecule has 2 aromatic carbocycles. The lowest BCUT2D eigenvalue weighted by Crippen LogP contribution is -2.46. The summed E-state index contributed by atoms with van der Waals surface area (Å²) in [6.45, 7) is 8.90. The van der Waals surface area contributed by atoms with Crippen molar-refractivity contribution in [2.24, 2.45) is 27.7 Å². The topological polar surface area (TPSA) is 147 Å². The highest BCUT2D eigenvalue weighted by molar-refractivity contribution is 6.04. The number of hydrogen-bond acceptors (Lipinski definition) is 8. The van der Waals surface area contributed by atoms with Crippen molar-refractivity contribution in [3.05, 3.63) is 105 Å². The van der Waals surface area contributed by atoms with Crippen molar-refractivity contribution in [2.45, 2.75) is 58.5 Å². The van der Waals surface area contributed by atoms with Gasteiger partial charge in [-0.15, -0.1) is 0 Å². The molecule has 3 N–H and O–H groups in total. The lowest BCUT2D eigenvalue weighted by atomic mass is 9.90. The molecule has 0 spiro atoms. The molecule has 12 nitrogen and oxygen atoms in total. The molecule has 1 aromatic heterocycles. The molecule has 1 saturated heterocycles. The summed E-state index contributed by atoms with van der Waals surface area (Å²) >= 11 is 0. The predicted octanol–water partition coefficient (Wildman–Crippen LogP) is 3.69. The van der Waals surface area contributed by atoms with Crippen LogP contribution in [0.5, 0.6) is 0 Å². The SMILES string of the molecule is CC(C)C(=O)N1CCC(C2=CC(c3ccc(NC(=O)c4cn(C(C)C)c(=O)n(-c5ccccc5)c4=O)cc3)C3C(N)=NC=NN23)CC1. The van der Waals surface area contributed by atoms with Crippen molar-refractivity contribution >= 4 is 29.7 Å². The van der Waals surface area contributed by atoms with Crippen molar-refractivity contribution < 1.29 is 9.59 Å². The highest BCUT2D eigenvalue weighted by atomic mass is 16.2. The Kier molecular flexibility index (Phi) is 8.67. The minimum absolute atomic E-state index is 0.0238. The lowest BCUT2D eigenvalue weighted by Gasteiger charge is -2.37. The number of amidine groups is 1. The third-order valence-corrected chi connectivity index (χ3v) is 9.11. The Balaban J connectivity index is 1.24. The number of nitrogens with two attached hydrogens (primary N) is 1. The molecule has 0 saturated carbocycles. The molecule has 0 bridgehead atoms. The minimum Gasteiger partial charge on any atom is -0.385 e. The van der Waals surface area contributed by atoms with Crippen LogP contribution in [0.2, 0.25) is 0 Å². The number of carbonyl (C=O) groups is 2. The maximum Gasteiger partial charge on any atom is 0.335 e. The van der Waals surface area contributed by atoms with Crippen LogP contribution in [0, 0.1) is 11.8 Å². The molecule has 4 heterocycles. The van der Waals surface area contributed by atoms with E-state index in [1.165, 1.54) is 17.1 Å². The van der Waals surface area contributed by atoms with Gasteiger partial charge in [0.25, 0.3) is 11.5 Å². The highest BCUT2D eigenvalue weighted by Crippen LogP contribution is 2.42. The Morgan fingerprint density at radius 1 is 0.957 bits per heavy atom. The number of para-hydroxylation sites is 1. The molecule has 2 atom stereocenters. The first-order chi connectivity index (χ1) is 22.5. The number of nitrogens with one attached hydrogen (secondary N) is 1. The number of aliphatic imine (C=N–C) groups is 1. The van der Waals surface area contributed by atoms with E-state index in [0.29, 0.717) is 30.3 Å². The predicted molar refractivity (Wildman–Crippen MR) is 182 cm³/mol. The van der Waals surface area contributed by atoms with E-state index in [1.54, 1.807) is 42.5 Å². The van der Waals surface area contributed by atoms with Gasteiger partial charge in [0, 0.05) is 54.5 Å².